The second-order valence-corrected chi connectivity index (χ2v) is 7.24. The van der Waals surface area contributed by atoms with E-state index in [2.05, 4.69) is 31.6 Å². The van der Waals surface area contributed by atoms with Crippen LogP contribution >= 0.6 is 0 Å². The molecule has 27 heavy (non-hydrogen) atoms. The molecule has 3 aromatic rings. The van der Waals surface area contributed by atoms with Gasteiger partial charge >= 0.3 is 0 Å². The van der Waals surface area contributed by atoms with E-state index in [-0.39, 0.29) is 17.6 Å². The lowest BCUT2D eigenvalue weighted by atomic mass is 10.0. The molecule has 0 unspecified atom stereocenters. The Morgan fingerprint density at radius 1 is 1.19 bits per heavy atom. The van der Waals surface area contributed by atoms with Crippen molar-refractivity contribution in [1.29, 1.82) is 0 Å². The smallest absolute Gasteiger partial charge is 0.273 e. The lowest BCUT2D eigenvalue weighted by Gasteiger charge is -2.32. The van der Waals surface area contributed by atoms with Gasteiger partial charge in [0.2, 0.25) is 5.76 Å². The molecule has 1 amide bonds. The van der Waals surface area contributed by atoms with Crippen LogP contribution in [-0.4, -0.2) is 40.4 Å². The quantitative estimate of drug-likeness (QED) is 0.719. The number of aromatic amines is 1. The molecule has 3 aromatic heterocycles. The summed E-state index contributed by atoms with van der Waals surface area (Å²) < 4.78 is 10.5. The van der Waals surface area contributed by atoms with E-state index in [1.807, 2.05) is 0 Å². The Kier molecular flexibility index (Phi) is 3.95. The highest BCUT2D eigenvalue weighted by atomic mass is 16.5. The number of piperidine rings is 1. The van der Waals surface area contributed by atoms with E-state index in [1.165, 1.54) is 18.5 Å². The van der Waals surface area contributed by atoms with Crippen molar-refractivity contribution >= 4 is 11.7 Å². The molecular formula is C19H21N5O3. The molecule has 0 bridgehead atoms. The number of furan rings is 1. The Morgan fingerprint density at radius 3 is 2.78 bits per heavy atom. The zero-order valence-electron chi connectivity index (χ0n) is 14.9. The molecule has 2 N–H and O–H groups in total. The van der Waals surface area contributed by atoms with Crippen molar-refractivity contribution in [3.63, 3.8) is 0 Å². The summed E-state index contributed by atoms with van der Waals surface area (Å²) in [4.78, 5) is 14.7. The van der Waals surface area contributed by atoms with Gasteiger partial charge in [-0.05, 0) is 37.8 Å². The van der Waals surface area contributed by atoms with E-state index in [1.54, 1.807) is 24.5 Å². The van der Waals surface area contributed by atoms with Crippen molar-refractivity contribution < 1.29 is 13.7 Å². The lowest BCUT2D eigenvalue weighted by molar-refractivity contribution is 0.0922. The van der Waals surface area contributed by atoms with Crippen molar-refractivity contribution in [2.24, 2.45) is 0 Å². The third kappa shape index (κ3) is 3.34. The number of anilines is 1. The maximum Gasteiger partial charge on any atom is 0.273 e. The second kappa shape index (κ2) is 6.61. The Balaban J connectivity index is 1.16. The summed E-state index contributed by atoms with van der Waals surface area (Å²) in [6.07, 6.45) is 5.83. The fourth-order valence-corrected chi connectivity index (χ4v) is 3.52. The third-order valence-electron chi connectivity index (χ3n) is 5.26. The zero-order valence-corrected chi connectivity index (χ0v) is 14.9. The minimum absolute atomic E-state index is 0.124. The van der Waals surface area contributed by atoms with Gasteiger partial charge in [-0.25, -0.2) is 0 Å². The number of nitrogens with zero attached hydrogens (tertiary/aromatic N) is 3. The van der Waals surface area contributed by atoms with Crippen molar-refractivity contribution in [3.05, 3.63) is 41.9 Å². The first-order valence-electron chi connectivity index (χ1n) is 9.38. The summed E-state index contributed by atoms with van der Waals surface area (Å²) >= 11 is 0. The number of aromatic nitrogens is 3. The minimum Gasteiger partial charge on any atom is -0.461 e. The molecule has 1 aliphatic carbocycles. The Morgan fingerprint density at radius 2 is 2.04 bits per heavy atom. The SMILES string of the molecule is O=C(NC1CCN(c2cc(C3CC3)[nH]n2)CC1)c1cc(-c2ccco2)on1. The summed E-state index contributed by atoms with van der Waals surface area (Å²) in [6, 6.07) is 7.42. The van der Waals surface area contributed by atoms with Gasteiger partial charge in [-0.15, -0.1) is 0 Å². The van der Waals surface area contributed by atoms with Gasteiger partial charge in [-0.3, -0.25) is 9.89 Å². The molecule has 8 nitrogen and oxygen atoms in total. The minimum atomic E-state index is -0.217. The molecule has 2 aliphatic rings. The summed E-state index contributed by atoms with van der Waals surface area (Å²) in [5, 5.41) is 14.5. The number of nitrogens with one attached hydrogen (secondary N) is 2. The van der Waals surface area contributed by atoms with Gasteiger partial charge in [0.15, 0.2) is 17.3 Å². The van der Waals surface area contributed by atoms with E-state index in [0.717, 1.165) is 31.7 Å². The van der Waals surface area contributed by atoms with Crippen LogP contribution < -0.4 is 10.2 Å². The molecule has 4 heterocycles. The molecule has 2 fully saturated rings. The highest BCUT2D eigenvalue weighted by molar-refractivity contribution is 5.93. The number of carbonyl (C=O) groups is 1. The van der Waals surface area contributed by atoms with Gasteiger partial charge in [0, 0.05) is 42.9 Å². The fourth-order valence-electron chi connectivity index (χ4n) is 3.52. The average molecular weight is 367 g/mol. The lowest BCUT2D eigenvalue weighted by Crippen LogP contribution is -2.44. The van der Waals surface area contributed by atoms with Crippen LogP contribution in [0.25, 0.3) is 11.5 Å². The predicted octanol–water partition coefficient (Wildman–Crippen LogP) is 2.93. The molecule has 140 valence electrons. The van der Waals surface area contributed by atoms with Crippen LogP contribution in [0.5, 0.6) is 0 Å². The summed E-state index contributed by atoms with van der Waals surface area (Å²) in [5.74, 6) is 2.48. The first-order valence-corrected chi connectivity index (χ1v) is 9.38. The first kappa shape index (κ1) is 16.2. The number of H-pyrrole nitrogens is 1. The van der Waals surface area contributed by atoms with Gasteiger partial charge in [0.05, 0.1) is 6.26 Å². The molecule has 1 aliphatic heterocycles. The van der Waals surface area contributed by atoms with Crippen LogP contribution in [0.1, 0.15) is 47.8 Å². The Labute approximate surface area is 155 Å². The topological polar surface area (TPSA) is 100 Å². The van der Waals surface area contributed by atoms with E-state index in [0.29, 0.717) is 17.4 Å². The number of carbonyl (C=O) groups excluding carboxylic acids is 1. The highest BCUT2D eigenvalue weighted by Crippen LogP contribution is 2.40. The second-order valence-electron chi connectivity index (χ2n) is 7.24. The van der Waals surface area contributed by atoms with Crippen molar-refractivity contribution in [2.75, 3.05) is 18.0 Å². The fraction of sp³-hybridized carbons (Fsp3) is 0.421. The Hall–Kier alpha value is -3.03. The monoisotopic (exact) mass is 367 g/mol. The highest BCUT2D eigenvalue weighted by Gasteiger charge is 2.28. The van der Waals surface area contributed by atoms with Crippen molar-refractivity contribution in [3.8, 4) is 11.5 Å². The molecule has 8 heteroatoms. The molecule has 0 atom stereocenters. The van der Waals surface area contributed by atoms with Gasteiger partial charge in [0.25, 0.3) is 5.91 Å². The number of hydrogen-bond donors (Lipinski definition) is 2. The van der Waals surface area contributed by atoms with Crippen molar-refractivity contribution in [2.45, 2.75) is 37.6 Å². The van der Waals surface area contributed by atoms with Gasteiger partial charge in [-0.1, -0.05) is 5.16 Å². The largest absolute Gasteiger partial charge is 0.461 e. The molecule has 5 rings (SSSR count). The van der Waals surface area contributed by atoms with Crippen LogP contribution in [-0.2, 0) is 0 Å². The van der Waals surface area contributed by atoms with Gasteiger partial charge in [0.1, 0.15) is 0 Å². The first-order chi connectivity index (χ1) is 13.3. The standard InChI is InChI=1S/C19H21N5O3/c25-19(15-10-17(27-23-15)16-2-1-9-26-16)20-13-5-7-24(8-6-13)18-11-14(21-22-18)12-3-4-12/h1-2,9-13H,3-8H2,(H,20,25)(H,21,22). The number of hydrogen-bond acceptors (Lipinski definition) is 6. The van der Waals surface area contributed by atoms with Crippen molar-refractivity contribution in [1.82, 2.24) is 20.7 Å². The predicted molar refractivity (Wildman–Crippen MR) is 97.5 cm³/mol. The molecule has 0 aromatic carbocycles. The average Bonchev–Trinajstić information content (AvgIpc) is 3.14. The zero-order chi connectivity index (χ0) is 18.2. The number of amides is 1. The molecule has 0 spiro atoms. The Bertz CT molecular complexity index is 917. The maximum atomic E-state index is 12.4. The van der Waals surface area contributed by atoms with Crippen LogP contribution in [0.4, 0.5) is 5.82 Å². The summed E-state index contributed by atoms with van der Waals surface area (Å²) in [5.41, 5.74) is 1.52. The van der Waals surface area contributed by atoms with Gasteiger partial charge < -0.3 is 19.2 Å². The molecule has 1 saturated heterocycles. The summed E-state index contributed by atoms with van der Waals surface area (Å²) in [7, 11) is 0. The van der Waals surface area contributed by atoms with Gasteiger partial charge in [-0.2, -0.15) is 5.10 Å². The van der Waals surface area contributed by atoms with Crippen LogP contribution in [0.15, 0.2) is 39.5 Å². The van der Waals surface area contributed by atoms with E-state index in [4.69, 9.17) is 8.94 Å². The normalized spacial score (nSPS) is 18.0. The summed E-state index contributed by atoms with van der Waals surface area (Å²) in [6.45, 7) is 1.74. The van der Waals surface area contributed by atoms with E-state index in [9.17, 15) is 4.79 Å². The van der Waals surface area contributed by atoms with Crippen LogP contribution in [0.2, 0.25) is 0 Å². The molecule has 0 radical (unpaired) electrons. The van der Waals surface area contributed by atoms with Crippen LogP contribution in [0.3, 0.4) is 0 Å². The maximum absolute atomic E-state index is 12.4. The molecular weight excluding hydrogens is 346 g/mol. The van der Waals surface area contributed by atoms with E-state index >= 15 is 0 Å². The third-order valence-corrected chi connectivity index (χ3v) is 5.26. The van der Waals surface area contributed by atoms with Crippen LogP contribution in [0, 0.1) is 0 Å². The molecule has 1 saturated carbocycles. The number of rotatable bonds is 5. The van der Waals surface area contributed by atoms with E-state index < -0.39 is 0 Å².